The van der Waals surface area contributed by atoms with Gasteiger partial charge in [0, 0.05) is 5.75 Å². The zero-order chi connectivity index (χ0) is 12.7. The molecule has 0 saturated carbocycles. The average molecular weight is 253 g/mol. The fourth-order valence-corrected chi connectivity index (χ4v) is 1.69. The van der Waals surface area contributed by atoms with Gasteiger partial charge < -0.3 is 10.1 Å². The summed E-state index contributed by atoms with van der Waals surface area (Å²) in [6.07, 6.45) is 1.61. The lowest BCUT2D eigenvalue weighted by Gasteiger charge is -2.26. The summed E-state index contributed by atoms with van der Waals surface area (Å²) < 4.78 is 5.07. The van der Waals surface area contributed by atoms with Crippen molar-refractivity contribution in [2.24, 2.45) is 0 Å². The van der Waals surface area contributed by atoms with Crippen LogP contribution >= 0.6 is 11.8 Å². The molecule has 0 atom stereocenters. The summed E-state index contributed by atoms with van der Waals surface area (Å²) in [5.74, 6) is 0.819. The fourth-order valence-electron chi connectivity index (χ4n) is 1.44. The van der Waals surface area contributed by atoms with E-state index < -0.39 is 5.54 Å². The van der Waals surface area contributed by atoms with Crippen molar-refractivity contribution >= 4 is 17.9 Å². The van der Waals surface area contributed by atoms with E-state index in [-0.39, 0.29) is 6.09 Å². The lowest BCUT2D eigenvalue weighted by molar-refractivity contribution is 0.142. The average Bonchev–Trinajstić information content (AvgIpc) is 2.30. The lowest BCUT2D eigenvalue weighted by atomic mass is 9.95. The van der Waals surface area contributed by atoms with E-state index >= 15 is 0 Å². The number of ether oxygens (including phenoxy) is 1. The summed E-state index contributed by atoms with van der Waals surface area (Å²) in [4.78, 5) is 11.6. The van der Waals surface area contributed by atoms with Crippen molar-refractivity contribution in [3.8, 4) is 0 Å². The van der Waals surface area contributed by atoms with Crippen molar-refractivity contribution in [2.75, 3.05) is 18.6 Å². The Hall–Kier alpha value is -1.16. The summed E-state index contributed by atoms with van der Waals surface area (Å²) >= 11 is 1.65. The minimum Gasteiger partial charge on any atom is -0.449 e. The Kier molecular flexibility index (Phi) is 5.35. The maximum atomic E-state index is 11.6. The third-order valence-corrected chi connectivity index (χ3v) is 3.01. The number of carbonyl (C=O) groups excluding carboxylic acids is 1. The topological polar surface area (TPSA) is 38.3 Å². The first-order valence-electron chi connectivity index (χ1n) is 5.55. The Morgan fingerprint density at radius 1 is 1.35 bits per heavy atom. The standard InChI is InChI=1S/C13H19NO2S/c1-13(2,11-7-5-4-6-8-11)14-12(15)16-9-10-17-3/h4-8H,9-10H2,1-3H3,(H,14,15). The molecule has 3 nitrogen and oxygen atoms in total. The van der Waals surface area contributed by atoms with Gasteiger partial charge in [0.1, 0.15) is 6.61 Å². The van der Waals surface area contributed by atoms with Gasteiger partial charge in [0.2, 0.25) is 0 Å². The molecule has 1 amide bonds. The fraction of sp³-hybridized carbons (Fsp3) is 0.462. The van der Waals surface area contributed by atoms with Gasteiger partial charge >= 0.3 is 6.09 Å². The molecule has 0 aliphatic heterocycles. The highest BCUT2D eigenvalue weighted by atomic mass is 32.2. The third-order valence-electron chi connectivity index (χ3n) is 2.43. The van der Waals surface area contributed by atoms with Crippen molar-refractivity contribution in [2.45, 2.75) is 19.4 Å². The van der Waals surface area contributed by atoms with Gasteiger partial charge in [-0.05, 0) is 25.7 Å². The molecule has 0 radical (unpaired) electrons. The van der Waals surface area contributed by atoms with Crippen LogP contribution in [0, 0.1) is 0 Å². The van der Waals surface area contributed by atoms with Crippen LogP contribution in [-0.4, -0.2) is 24.7 Å². The molecule has 0 spiro atoms. The minimum atomic E-state index is -0.419. The molecule has 0 fully saturated rings. The zero-order valence-electron chi connectivity index (χ0n) is 10.5. The molecular formula is C13H19NO2S. The molecule has 1 aromatic carbocycles. The Balaban J connectivity index is 2.52. The maximum Gasteiger partial charge on any atom is 0.407 e. The first kappa shape index (κ1) is 13.9. The van der Waals surface area contributed by atoms with Crippen LogP contribution in [0.5, 0.6) is 0 Å². The molecule has 17 heavy (non-hydrogen) atoms. The molecular weight excluding hydrogens is 234 g/mol. The molecule has 4 heteroatoms. The normalized spacial score (nSPS) is 11.0. The Morgan fingerprint density at radius 3 is 2.59 bits per heavy atom. The second kappa shape index (κ2) is 6.55. The Bertz CT molecular complexity index is 352. The second-order valence-electron chi connectivity index (χ2n) is 4.24. The van der Waals surface area contributed by atoms with Gasteiger partial charge in [-0.25, -0.2) is 4.79 Å². The second-order valence-corrected chi connectivity index (χ2v) is 5.23. The van der Waals surface area contributed by atoms with Gasteiger partial charge in [0.05, 0.1) is 5.54 Å². The van der Waals surface area contributed by atoms with Gasteiger partial charge in [0.15, 0.2) is 0 Å². The van der Waals surface area contributed by atoms with Crippen molar-refractivity contribution in [1.29, 1.82) is 0 Å². The summed E-state index contributed by atoms with van der Waals surface area (Å²) in [5.41, 5.74) is 0.638. The highest BCUT2D eigenvalue weighted by Crippen LogP contribution is 2.19. The number of alkyl carbamates (subject to hydrolysis) is 1. The van der Waals surface area contributed by atoms with Crippen LogP contribution in [0.25, 0.3) is 0 Å². The number of carbonyl (C=O) groups is 1. The molecule has 0 aliphatic rings. The van der Waals surface area contributed by atoms with Crippen LogP contribution in [0.3, 0.4) is 0 Å². The molecule has 0 bridgehead atoms. The van der Waals surface area contributed by atoms with Crippen LogP contribution in [0.4, 0.5) is 4.79 Å². The van der Waals surface area contributed by atoms with Gasteiger partial charge in [0.25, 0.3) is 0 Å². The maximum absolute atomic E-state index is 11.6. The van der Waals surface area contributed by atoms with Crippen molar-refractivity contribution in [3.63, 3.8) is 0 Å². The molecule has 0 aliphatic carbocycles. The SMILES string of the molecule is CSCCOC(=O)NC(C)(C)c1ccccc1. The highest BCUT2D eigenvalue weighted by molar-refractivity contribution is 7.98. The van der Waals surface area contributed by atoms with Gasteiger partial charge in [-0.1, -0.05) is 30.3 Å². The zero-order valence-corrected chi connectivity index (χ0v) is 11.3. The van der Waals surface area contributed by atoms with E-state index in [1.165, 1.54) is 0 Å². The monoisotopic (exact) mass is 253 g/mol. The van der Waals surface area contributed by atoms with E-state index in [0.29, 0.717) is 6.61 Å². The quantitative estimate of drug-likeness (QED) is 0.820. The van der Waals surface area contributed by atoms with E-state index in [2.05, 4.69) is 5.32 Å². The van der Waals surface area contributed by atoms with E-state index in [9.17, 15) is 4.79 Å². The predicted octanol–water partition coefficient (Wildman–Crippen LogP) is 3.01. The summed E-state index contributed by atoms with van der Waals surface area (Å²) in [5, 5.41) is 2.86. The predicted molar refractivity (Wildman–Crippen MR) is 72.3 cm³/mol. The Morgan fingerprint density at radius 2 is 2.00 bits per heavy atom. The van der Waals surface area contributed by atoms with Gasteiger partial charge in [-0.15, -0.1) is 0 Å². The molecule has 0 aromatic heterocycles. The number of hydrogen-bond donors (Lipinski definition) is 1. The smallest absolute Gasteiger partial charge is 0.407 e. The summed E-state index contributed by atoms with van der Waals surface area (Å²) in [7, 11) is 0. The molecule has 0 saturated heterocycles. The van der Waals surface area contributed by atoms with E-state index in [4.69, 9.17) is 4.74 Å². The largest absolute Gasteiger partial charge is 0.449 e. The number of benzene rings is 1. The number of thioether (sulfide) groups is 1. The number of amides is 1. The summed E-state index contributed by atoms with van der Waals surface area (Å²) in [6, 6.07) is 9.84. The molecule has 94 valence electrons. The van der Waals surface area contributed by atoms with Crippen LogP contribution in [0.15, 0.2) is 30.3 Å². The van der Waals surface area contributed by atoms with Crippen molar-refractivity contribution < 1.29 is 9.53 Å². The number of hydrogen-bond acceptors (Lipinski definition) is 3. The molecule has 0 unspecified atom stereocenters. The summed E-state index contributed by atoms with van der Waals surface area (Å²) in [6.45, 7) is 4.36. The van der Waals surface area contributed by atoms with Crippen molar-refractivity contribution in [1.82, 2.24) is 5.32 Å². The lowest BCUT2D eigenvalue weighted by Crippen LogP contribution is -2.41. The molecule has 1 rings (SSSR count). The molecule has 1 N–H and O–H groups in total. The van der Waals surface area contributed by atoms with E-state index in [1.54, 1.807) is 11.8 Å². The number of rotatable bonds is 5. The molecule has 1 aromatic rings. The first-order valence-corrected chi connectivity index (χ1v) is 6.95. The Labute approximate surface area is 107 Å². The van der Waals surface area contributed by atoms with Crippen LogP contribution in [0.2, 0.25) is 0 Å². The van der Waals surface area contributed by atoms with Gasteiger partial charge in [-0.2, -0.15) is 11.8 Å². The van der Waals surface area contributed by atoms with Crippen LogP contribution in [0.1, 0.15) is 19.4 Å². The van der Waals surface area contributed by atoms with Crippen molar-refractivity contribution in [3.05, 3.63) is 35.9 Å². The van der Waals surface area contributed by atoms with Crippen LogP contribution in [-0.2, 0) is 10.3 Å². The van der Waals surface area contributed by atoms with Crippen LogP contribution < -0.4 is 5.32 Å². The van der Waals surface area contributed by atoms with E-state index in [0.717, 1.165) is 11.3 Å². The van der Waals surface area contributed by atoms with E-state index in [1.807, 2.05) is 50.4 Å². The van der Waals surface area contributed by atoms with Gasteiger partial charge in [-0.3, -0.25) is 0 Å². The third kappa shape index (κ3) is 4.69. The minimum absolute atomic E-state index is 0.368. The highest BCUT2D eigenvalue weighted by Gasteiger charge is 2.22. The first-order chi connectivity index (χ1) is 8.06. The number of nitrogens with one attached hydrogen (secondary N) is 1. The molecule has 0 heterocycles.